The Balaban J connectivity index is 1.48. The lowest BCUT2D eigenvalue weighted by molar-refractivity contribution is 0.134. The van der Waals surface area contributed by atoms with Gasteiger partial charge in [0.05, 0.1) is 29.9 Å². The van der Waals surface area contributed by atoms with E-state index in [0.717, 1.165) is 25.7 Å². The Morgan fingerprint density at radius 2 is 2.05 bits per heavy atom. The summed E-state index contributed by atoms with van der Waals surface area (Å²) < 4.78 is 26.4. The molecule has 2 fully saturated rings. The molecule has 198 valence electrons. The molecule has 4 rings (SSSR count). The summed E-state index contributed by atoms with van der Waals surface area (Å²) in [6, 6.07) is 13.9. The van der Waals surface area contributed by atoms with E-state index in [4.69, 9.17) is 11.6 Å². The van der Waals surface area contributed by atoms with E-state index in [1.165, 1.54) is 23.8 Å². The third-order valence-electron chi connectivity index (χ3n) is 7.83. The number of anilines is 1. The molecule has 0 spiro atoms. The summed E-state index contributed by atoms with van der Waals surface area (Å²) in [7, 11) is 0. The van der Waals surface area contributed by atoms with Crippen LogP contribution in [0.1, 0.15) is 43.2 Å². The minimum atomic E-state index is -0.554. The van der Waals surface area contributed by atoms with Gasteiger partial charge in [0, 0.05) is 37.9 Å². The molecule has 2 aromatic rings. The normalized spacial score (nSPS) is 22.3. The minimum absolute atomic E-state index is 0.00727. The van der Waals surface area contributed by atoms with Gasteiger partial charge < -0.3 is 15.3 Å². The maximum absolute atomic E-state index is 13.6. The van der Waals surface area contributed by atoms with Crippen molar-refractivity contribution in [1.82, 2.24) is 9.80 Å². The first-order valence-electron chi connectivity index (χ1n) is 12.8. The SMILES string of the molecule is N#Cc1cccc([C@]23CC[C@@H](N(CCN(CCO)CCCF)C(=O)Nc4ccc(F)c(Cl)c4)CC2C3)c1. The number of aliphatic hydroxyl groups is 1. The second-order valence-electron chi connectivity index (χ2n) is 10.0. The first-order chi connectivity index (χ1) is 17.9. The molecule has 2 aliphatic rings. The highest BCUT2D eigenvalue weighted by Gasteiger charge is 2.58. The smallest absolute Gasteiger partial charge is 0.322 e. The average Bonchev–Trinajstić information content (AvgIpc) is 3.65. The highest BCUT2D eigenvalue weighted by atomic mass is 35.5. The quantitative estimate of drug-likeness (QED) is 0.410. The maximum Gasteiger partial charge on any atom is 0.322 e. The monoisotopic (exact) mass is 530 g/mol. The number of benzene rings is 2. The van der Waals surface area contributed by atoms with E-state index in [9.17, 15) is 23.9 Å². The fourth-order valence-corrected chi connectivity index (χ4v) is 5.95. The number of hydrogen-bond donors (Lipinski definition) is 2. The summed E-state index contributed by atoms with van der Waals surface area (Å²) in [5.41, 5.74) is 2.35. The van der Waals surface area contributed by atoms with Gasteiger partial charge >= 0.3 is 6.03 Å². The summed E-state index contributed by atoms with van der Waals surface area (Å²) >= 11 is 5.91. The first kappa shape index (κ1) is 27.3. The Hall–Kier alpha value is -2.73. The summed E-state index contributed by atoms with van der Waals surface area (Å²) in [6.45, 7) is 1.37. The van der Waals surface area contributed by atoms with Crippen molar-refractivity contribution in [3.63, 3.8) is 0 Å². The zero-order chi connectivity index (χ0) is 26.4. The van der Waals surface area contributed by atoms with Crippen molar-refractivity contribution >= 4 is 23.3 Å². The van der Waals surface area contributed by atoms with Crippen molar-refractivity contribution < 1.29 is 18.7 Å². The number of carbonyl (C=O) groups excluding carboxylic acids is 1. The van der Waals surface area contributed by atoms with Crippen molar-refractivity contribution in [2.24, 2.45) is 5.92 Å². The second-order valence-corrected chi connectivity index (χ2v) is 10.4. The summed E-state index contributed by atoms with van der Waals surface area (Å²) in [4.78, 5) is 17.2. The van der Waals surface area contributed by atoms with E-state index in [1.807, 2.05) is 28.0 Å². The lowest BCUT2D eigenvalue weighted by atomic mass is 9.80. The van der Waals surface area contributed by atoms with Crippen LogP contribution < -0.4 is 5.32 Å². The van der Waals surface area contributed by atoms with E-state index in [-0.39, 0.29) is 29.1 Å². The van der Waals surface area contributed by atoms with E-state index in [0.29, 0.717) is 49.8 Å². The molecule has 2 aromatic carbocycles. The number of hydrogen-bond acceptors (Lipinski definition) is 4. The van der Waals surface area contributed by atoms with Crippen LogP contribution in [0.3, 0.4) is 0 Å². The van der Waals surface area contributed by atoms with Crippen LogP contribution >= 0.6 is 11.6 Å². The minimum Gasteiger partial charge on any atom is -0.395 e. The number of aliphatic hydroxyl groups excluding tert-OH is 1. The number of rotatable bonds is 11. The predicted molar refractivity (Wildman–Crippen MR) is 140 cm³/mol. The number of urea groups is 1. The Morgan fingerprint density at radius 1 is 1.22 bits per heavy atom. The Morgan fingerprint density at radius 3 is 2.76 bits per heavy atom. The fourth-order valence-electron chi connectivity index (χ4n) is 5.77. The molecule has 0 aromatic heterocycles. The molecule has 2 saturated carbocycles. The summed E-state index contributed by atoms with van der Waals surface area (Å²) in [6.07, 6.45) is 3.99. The van der Waals surface area contributed by atoms with Crippen LogP contribution in [0.25, 0.3) is 0 Å². The van der Waals surface area contributed by atoms with Gasteiger partial charge in [0.25, 0.3) is 0 Å². The van der Waals surface area contributed by atoms with Crippen LogP contribution in [0.2, 0.25) is 5.02 Å². The number of halogens is 3. The van der Waals surface area contributed by atoms with Crippen LogP contribution in [0.15, 0.2) is 42.5 Å². The molecule has 0 radical (unpaired) electrons. The number of nitrogens with one attached hydrogen (secondary N) is 1. The van der Waals surface area contributed by atoms with Gasteiger partial charge in [-0.2, -0.15) is 5.26 Å². The third kappa shape index (κ3) is 6.40. The molecule has 9 heteroatoms. The van der Waals surface area contributed by atoms with Gasteiger partial charge in [0.2, 0.25) is 0 Å². The van der Waals surface area contributed by atoms with Crippen LogP contribution in [-0.4, -0.2) is 66.4 Å². The van der Waals surface area contributed by atoms with E-state index in [1.54, 1.807) is 0 Å². The number of amides is 2. The molecule has 6 nitrogen and oxygen atoms in total. The van der Waals surface area contributed by atoms with E-state index >= 15 is 0 Å². The Kier molecular flexibility index (Phi) is 9.01. The largest absolute Gasteiger partial charge is 0.395 e. The zero-order valence-electron chi connectivity index (χ0n) is 20.8. The zero-order valence-corrected chi connectivity index (χ0v) is 21.6. The average molecular weight is 531 g/mol. The lowest BCUT2D eigenvalue weighted by Gasteiger charge is -2.38. The molecule has 0 bridgehead atoms. The molecule has 2 N–H and O–H groups in total. The molecule has 2 amide bonds. The van der Waals surface area contributed by atoms with Gasteiger partial charge in [0.15, 0.2) is 0 Å². The topological polar surface area (TPSA) is 79.6 Å². The van der Waals surface area contributed by atoms with Crippen LogP contribution in [-0.2, 0) is 5.41 Å². The van der Waals surface area contributed by atoms with Gasteiger partial charge in [-0.3, -0.25) is 9.29 Å². The molecule has 0 aliphatic heterocycles. The van der Waals surface area contributed by atoms with Crippen LogP contribution in [0.5, 0.6) is 0 Å². The van der Waals surface area contributed by atoms with Gasteiger partial charge in [0.1, 0.15) is 5.82 Å². The third-order valence-corrected chi connectivity index (χ3v) is 8.12. The maximum atomic E-state index is 13.6. The molecule has 0 heterocycles. The molecule has 0 saturated heterocycles. The van der Waals surface area contributed by atoms with Gasteiger partial charge in [-0.15, -0.1) is 0 Å². The van der Waals surface area contributed by atoms with E-state index in [2.05, 4.69) is 17.5 Å². The predicted octanol–water partition coefficient (Wildman–Crippen LogP) is 5.35. The highest BCUT2D eigenvalue weighted by molar-refractivity contribution is 6.31. The van der Waals surface area contributed by atoms with Crippen molar-refractivity contribution in [3.05, 3.63) is 64.4 Å². The molecule has 3 atom stereocenters. The van der Waals surface area contributed by atoms with Gasteiger partial charge in [-0.1, -0.05) is 23.7 Å². The number of alkyl halides is 1. The number of nitriles is 1. The Bertz CT molecular complexity index is 1140. The molecule has 1 unspecified atom stereocenters. The van der Waals surface area contributed by atoms with Gasteiger partial charge in [-0.05, 0) is 79.3 Å². The molecular formula is C28H33ClF2N4O2. The Labute approximate surface area is 221 Å². The van der Waals surface area contributed by atoms with Gasteiger partial charge in [-0.25, -0.2) is 9.18 Å². The fraction of sp³-hybridized carbons (Fsp3) is 0.500. The van der Waals surface area contributed by atoms with Crippen LogP contribution in [0, 0.1) is 23.1 Å². The molecule has 37 heavy (non-hydrogen) atoms. The standard InChI is InChI=1S/C28H33ClF2N4O2/c29-25-17-23(5-6-26(25)31)33-27(37)35(12-11-34(13-14-36)10-2-9-30)24-7-8-28(18-22(28)16-24)21-4-1-3-20(15-21)19-32/h1,3-6,15,17,22,24,36H,2,7-14,16,18H2,(H,33,37)/t22?,24-,28-/m1/s1. The number of nitrogens with zero attached hydrogens (tertiary/aromatic N) is 3. The summed E-state index contributed by atoms with van der Waals surface area (Å²) in [5, 5.41) is 21.5. The number of fused-ring (bicyclic) bond motifs is 1. The number of carbonyl (C=O) groups is 1. The summed E-state index contributed by atoms with van der Waals surface area (Å²) in [5.74, 6) is -0.127. The second kappa shape index (κ2) is 12.2. The van der Waals surface area contributed by atoms with Crippen molar-refractivity contribution in [3.8, 4) is 6.07 Å². The van der Waals surface area contributed by atoms with Crippen molar-refractivity contribution in [2.45, 2.75) is 43.6 Å². The van der Waals surface area contributed by atoms with Crippen molar-refractivity contribution in [2.75, 3.05) is 44.8 Å². The lowest BCUT2D eigenvalue weighted by Crippen LogP contribution is -2.48. The first-order valence-corrected chi connectivity index (χ1v) is 13.2. The molecule has 2 aliphatic carbocycles. The highest BCUT2D eigenvalue weighted by Crippen LogP contribution is 2.62. The van der Waals surface area contributed by atoms with Crippen LogP contribution in [0.4, 0.5) is 19.3 Å². The van der Waals surface area contributed by atoms with Crippen molar-refractivity contribution in [1.29, 1.82) is 5.26 Å². The molecular weight excluding hydrogens is 498 g/mol. The van der Waals surface area contributed by atoms with E-state index < -0.39 is 12.5 Å².